The normalized spacial score (nSPS) is 20.1. The van der Waals surface area contributed by atoms with E-state index in [0.29, 0.717) is 22.4 Å². The molecule has 0 saturated carbocycles. The third kappa shape index (κ3) is 4.87. The molecule has 164 valence electrons. The number of nitrogens with zero attached hydrogens (tertiary/aromatic N) is 3. The number of rotatable bonds is 6. The summed E-state index contributed by atoms with van der Waals surface area (Å²) in [7, 11) is 0. The number of nitrogens with one attached hydrogen (secondary N) is 1. The second kappa shape index (κ2) is 8.94. The zero-order valence-corrected chi connectivity index (χ0v) is 17.4. The van der Waals surface area contributed by atoms with Crippen molar-refractivity contribution in [1.82, 2.24) is 14.5 Å². The molecule has 1 N–H and O–H groups in total. The Balaban J connectivity index is 2.07. The molecule has 0 aromatic carbocycles. The Bertz CT molecular complexity index is 1070. The third-order valence-corrected chi connectivity index (χ3v) is 4.55. The van der Waals surface area contributed by atoms with Crippen LogP contribution in [0.1, 0.15) is 33.7 Å². The van der Waals surface area contributed by atoms with Gasteiger partial charge in [0, 0.05) is 39.5 Å². The highest BCUT2D eigenvalue weighted by Crippen LogP contribution is 2.37. The number of hydrogen-bond donors (Lipinski definition) is 1. The van der Waals surface area contributed by atoms with E-state index in [0.717, 1.165) is 0 Å². The van der Waals surface area contributed by atoms with Crippen LogP contribution in [0.15, 0.2) is 30.2 Å². The Morgan fingerprint density at radius 3 is 2.35 bits per heavy atom. The first kappa shape index (κ1) is 21.9. The number of carbonyl (C=O) groups is 4. The second-order valence-corrected chi connectivity index (χ2v) is 6.98. The van der Waals surface area contributed by atoms with Crippen LogP contribution in [0.4, 0.5) is 5.82 Å². The van der Waals surface area contributed by atoms with E-state index in [4.69, 9.17) is 14.2 Å². The Morgan fingerprint density at radius 2 is 1.74 bits per heavy atom. The van der Waals surface area contributed by atoms with E-state index in [1.54, 1.807) is 22.9 Å². The lowest BCUT2D eigenvalue weighted by atomic mass is 10.1. The molecule has 0 spiro atoms. The number of amides is 1. The largest absolute Gasteiger partial charge is 0.461 e. The molecule has 0 bridgehead atoms. The van der Waals surface area contributed by atoms with Gasteiger partial charge in [-0.05, 0) is 6.07 Å². The Hall–Kier alpha value is -3.76. The molecule has 11 nitrogen and oxygen atoms in total. The molecule has 0 aliphatic heterocycles. The molecule has 1 aliphatic carbocycles. The molecule has 31 heavy (non-hydrogen) atoms. The summed E-state index contributed by atoms with van der Waals surface area (Å²) in [5.41, 5.74) is 0.937. The zero-order chi connectivity index (χ0) is 22.7. The molecular weight excluding hydrogens is 408 g/mol. The van der Waals surface area contributed by atoms with Crippen molar-refractivity contribution in [2.45, 2.75) is 45.9 Å². The van der Waals surface area contributed by atoms with Gasteiger partial charge in [-0.2, -0.15) is 0 Å². The van der Waals surface area contributed by atoms with Gasteiger partial charge in [-0.1, -0.05) is 6.08 Å². The molecule has 3 rings (SSSR count). The molecule has 1 amide bonds. The van der Waals surface area contributed by atoms with Crippen LogP contribution >= 0.6 is 0 Å². The van der Waals surface area contributed by atoms with Crippen LogP contribution in [-0.4, -0.2) is 57.2 Å². The van der Waals surface area contributed by atoms with E-state index in [1.807, 2.05) is 0 Å². The van der Waals surface area contributed by atoms with Gasteiger partial charge >= 0.3 is 17.9 Å². The number of carbonyl (C=O) groups excluding carboxylic acids is 4. The maximum atomic E-state index is 11.8. The average molecular weight is 430 g/mol. The van der Waals surface area contributed by atoms with E-state index in [9.17, 15) is 19.2 Å². The predicted molar refractivity (Wildman–Crippen MR) is 107 cm³/mol. The van der Waals surface area contributed by atoms with Crippen LogP contribution in [0.3, 0.4) is 0 Å². The fraction of sp³-hybridized carbons (Fsp3) is 0.400. The van der Waals surface area contributed by atoms with Crippen molar-refractivity contribution in [1.29, 1.82) is 0 Å². The summed E-state index contributed by atoms with van der Waals surface area (Å²) < 4.78 is 17.7. The minimum absolute atomic E-state index is 0.132. The lowest BCUT2D eigenvalue weighted by Gasteiger charge is -2.27. The number of aromatic nitrogens is 3. The van der Waals surface area contributed by atoms with E-state index in [-0.39, 0.29) is 12.5 Å². The van der Waals surface area contributed by atoms with Gasteiger partial charge in [0.1, 0.15) is 24.4 Å². The summed E-state index contributed by atoms with van der Waals surface area (Å²) in [6.07, 6.45) is 2.85. The number of esters is 3. The van der Waals surface area contributed by atoms with Gasteiger partial charge in [0.15, 0.2) is 12.2 Å². The first-order valence-electron chi connectivity index (χ1n) is 9.45. The van der Waals surface area contributed by atoms with Gasteiger partial charge in [-0.3, -0.25) is 19.2 Å². The Kier molecular flexibility index (Phi) is 6.33. The van der Waals surface area contributed by atoms with E-state index < -0.39 is 36.2 Å². The van der Waals surface area contributed by atoms with Crippen molar-refractivity contribution < 1.29 is 33.4 Å². The monoisotopic (exact) mass is 430 g/mol. The van der Waals surface area contributed by atoms with Gasteiger partial charge in [0.05, 0.1) is 11.4 Å². The Labute approximate surface area is 177 Å². The van der Waals surface area contributed by atoms with Crippen molar-refractivity contribution in [2.75, 3.05) is 11.9 Å². The summed E-state index contributed by atoms with van der Waals surface area (Å²) in [4.78, 5) is 54.7. The average Bonchev–Trinajstić information content (AvgIpc) is 3.22. The van der Waals surface area contributed by atoms with Crippen LogP contribution in [0, 0.1) is 0 Å². The fourth-order valence-electron chi connectivity index (χ4n) is 3.48. The van der Waals surface area contributed by atoms with Crippen molar-refractivity contribution in [2.24, 2.45) is 0 Å². The van der Waals surface area contributed by atoms with Crippen LogP contribution < -0.4 is 5.32 Å². The summed E-state index contributed by atoms with van der Waals surface area (Å²) >= 11 is 0. The number of hydrogen-bond acceptors (Lipinski definition) is 9. The summed E-state index contributed by atoms with van der Waals surface area (Å²) in [6.45, 7) is 4.98. The highest BCUT2D eigenvalue weighted by molar-refractivity contribution is 5.97. The number of ether oxygens (including phenoxy) is 3. The first-order valence-corrected chi connectivity index (χ1v) is 9.45. The van der Waals surface area contributed by atoms with Crippen LogP contribution in [0.2, 0.25) is 0 Å². The van der Waals surface area contributed by atoms with Gasteiger partial charge in [-0.25, -0.2) is 9.97 Å². The van der Waals surface area contributed by atoms with Crippen molar-refractivity contribution >= 4 is 40.7 Å². The maximum Gasteiger partial charge on any atom is 0.303 e. The van der Waals surface area contributed by atoms with Crippen LogP contribution in [0.5, 0.6) is 0 Å². The standard InChI is InChI=1S/C20H22N4O7/c1-10(25)23-19-15-5-6-24(20(15)22-9-21-19)16-7-14(8-29-11(2)26)17(30-12(3)27)18(16)31-13(4)28/h5-7,9,16-18H,8H2,1-4H3,(H,21,22,23,25)/t16-,17-,18+/m1/s1. The van der Waals surface area contributed by atoms with Gasteiger partial charge in [-0.15, -0.1) is 0 Å². The SMILES string of the molecule is CC(=O)Nc1ncnc2c1ccn2[C@@H]1C=C(COC(C)=O)[C@@H](OC(C)=O)[C@H]1OC(C)=O. The van der Waals surface area contributed by atoms with E-state index in [2.05, 4.69) is 15.3 Å². The molecule has 2 aromatic rings. The van der Waals surface area contributed by atoms with Crippen molar-refractivity contribution in [3.8, 4) is 0 Å². The molecule has 0 saturated heterocycles. The molecule has 2 aromatic heterocycles. The lowest BCUT2D eigenvalue weighted by Crippen LogP contribution is -2.37. The molecular formula is C20H22N4O7. The molecule has 2 heterocycles. The summed E-state index contributed by atoms with van der Waals surface area (Å²) in [5.74, 6) is -1.61. The third-order valence-electron chi connectivity index (χ3n) is 4.55. The first-order chi connectivity index (χ1) is 14.7. The van der Waals surface area contributed by atoms with Crippen molar-refractivity contribution in [3.63, 3.8) is 0 Å². The fourth-order valence-corrected chi connectivity index (χ4v) is 3.48. The van der Waals surface area contributed by atoms with Gasteiger partial charge in [0.2, 0.25) is 5.91 Å². The Morgan fingerprint density at radius 1 is 1.03 bits per heavy atom. The topological polar surface area (TPSA) is 139 Å². The lowest BCUT2D eigenvalue weighted by molar-refractivity contribution is -0.163. The quantitative estimate of drug-likeness (QED) is 0.408. The number of fused-ring (bicyclic) bond motifs is 1. The zero-order valence-electron chi connectivity index (χ0n) is 17.4. The van der Waals surface area contributed by atoms with Gasteiger partial charge < -0.3 is 24.1 Å². The van der Waals surface area contributed by atoms with Gasteiger partial charge in [0.25, 0.3) is 0 Å². The van der Waals surface area contributed by atoms with E-state index >= 15 is 0 Å². The van der Waals surface area contributed by atoms with E-state index in [1.165, 1.54) is 34.0 Å². The van der Waals surface area contributed by atoms with Crippen LogP contribution in [-0.2, 0) is 33.4 Å². The predicted octanol–water partition coefficient (Wildman–Crippen LogP) is 1.30. The number of anilines is 1. The minimum Gasteiger partial charge on any atom is -0.461 e. The molecule has 0 unspecified atom stereocenters. The molecule has 3 atom stereocenters. The minimum atomic E-state index is -0.945. The summed E-state index contributed by atoms with van der Waals surface area (Å²) in [6, 6.07) is 1.10. The van der Waals surface area contributed by atoms with Crippen LogP contribution in [0.25, 0.3) is 11.0 Å². The molecule has 0 fully saturated rings. The maximum absolute atomic E-state index is 11.8. The summed E-state index contributed by atoms with van der Waals surface area (Å²) in [5, 5.41) is 3.21. The second-order valence-electron chi connectivity index (χ2n) is 6.98. The smallest absolute Gasteiger partial charge is 0.303 e. The van der Waals surface area contributed by atoms with Crippen molar-refractivity contribution in [3.05, 3.63) is 30.2 Å². The molecule has 1 aliphatic rings. The molecule has 0 radical (unpaired) electrons. The molecule has 11 heteroatoms. The highest BCUT2D eigenvalue weighted by Gasteiger charge is 2.43. The highest BCUT2D eigenvalue weighted by atomic mass is 16.6.